The highest BCUT2D eigenvalue weighted by atomic mass is 32.2. The summed E-state index contributed by atoms with van der Waals surface area (Å²) in [6, 6.07) is 13.6. The molecule has 3 aromatic rings. The SMILES string of the molecule is CCOC(=O)C1=C(CSc2nncn2-c2cccc(OC)c2)NC(=O)NC1c1ccc(OC)cc1. The van der Waals surface area contributed by atoms with Crippen molar-refractivity contribution in [1.82, 2.24) is 25.4 Å². The summed E-state index contributed by atoms with van der Waals surface area (Å²) in [5, 5.41) is 14.4. The minimum Gasteiger partial charge on any atom is -0.497 e. The molecule has 2 aromatic carbocycles. The lowest BCUT2D eigenvalue weighted by molar-refractivity contribution is -0.139. The Balaban J connectivity index is 1.66. The Morgan fingerprint density at radius 3 is 2.60 bits per heavy atom. The van der Waals surface area contributed by atoms with Gasteiger partial charge in [-0.1, -0.05) is 30.0 Å². The van der Waals surface area contributed by atoms with Crippen LogP contribution in [0.4, 0.5) is 4.79 Å². The first kappa shape index (κ1) is 24.1. The van der Waals surface area contributed by atoms with Crippen molar-refractivity contribution < 1.29 is 23.8 Å². The fraction of sp³-hybridized carbons (Fsp3) is 0.250. The van der Waals surface area contributed by atoms with Gasteiger partial charge in [-0.2, -0.15) is 0 Å². The van der Waals surface area contributed by atoms with E-state index < -0.39 is 18.0 Å². The first-order chi connectivity index (χ1) is 17.0. The molecule has 182 valence electrons. The summed E-state index contributed by atoms with van der Waals surface area (Å²) in [5.41, 5.74) is 2.32. The molecule has 2 heterocycles. The van der Waals surface area contributed by atoms with Crippen LogP contribution in [-0.2, 0) is 9.53 Å². The van der Waals surface area contributed by atoms with Crippen molar-refractivity contribution >= 4 is 23.8 Å². The average Bonchev–Trinajstić information content (AvgIpc) is 3.36. The molecule has 0 saturated heterocycles. The van der Waals surface area contributed by atoms with Crippen molar-refractivity contribution in [2.45, 2.75) is 18.1 Å². The van der Waals surface area contributed by atoms with Crippen LogP contribution in [0.1, 0.15) is 18.5 Å². The lowest BCUT2D eigenvalue weighted by atomic mass is 9.95. The molecule has 2 amide bonds. The van der Waals surface area contributed by atoms with Crippen molar-refractivity contribution in [3.05, 3.63) is 71.7 Å². The highest BCUT2D eigenvalue weighted by Crippen LogP contribution is 2.32. The van der Waals surface area contributed by atoms with Crippen LogP contribution in [0, 0.1) is 0 Å². The molecule has 1 atom stereocenters. The molecule has 0 saturated carbocycles. The van der Waals surface area contributed by atoms with Crippen molar-refractivity contribution in [3.8, 4) is 17.2 Å². The van der Waals surface area contributed by atoms with Crippen LogP contribution in [0.3, 0.4) is 0 Å². The quantitative estimate of drug-likeness (QED) is 0.343. The van der Waals surface area contributed by atoms with Crippen LogP contribution >= 0.6 is 11.8 Å². The molecule has 0 radical (unpaired) electrons. The molecular weight excluding hydrogens is 470 g/mol. The summed E-state index contributed by atoms with van der Waals surface area (Å²) in [4.78, 5) is 25.5. The standard InChI is InChI=1S/C24H25N5O5S/c1-4-34-22(30)20-19(26-23(31)27-21(20)15-8-10-17(32-2)11-9-15)13-35-24-28-25-14-29(24)16-6-5-7-18(12-16)33-3/h5-12,14,21H,4,13H2,1-3H3,(H2,26,27,31). The first-order valence-corrected chi connectivity index (χ1v) is 11.8. The second-order valence-corrected chi connectivity index (χ2v) is 8.33. The number of nitrogens with one attached hydrogen (secondary N) is 2. The van der Waals surface area contributed by atoms with E-state index in [1.165, 1.54) is 11.8 Å². The average molecular weight is 496 g/mol. The van der Waals surface area contributed by atoms with E-state index in [1.807, 2.05) is 28.8 Å². The van der Waals surface area contributed by atoms with E-state index >= 15 is 0 Å². The lowest BCUT2D eigenvalue weighted by Crippen LogP contribution is -2.46. The molecule has 0 bridgehead atoms. The van der Waals surface area contributed by atoms with E-state index in [0.717, 1.165) is 11.3 Å². The predicted molar refractivity (Wildman–Crippen MR) is 130 cm³/mol. The normalized spacial score (nSPS) is 15.3. The van der Waals surface area contributed by atoms with Gasteiger partial charge >= 0.3 is 12.0 Å². The van der Waals surface area contributed by atoms with Crippen LogP contribution in [0.15, 0.2) is 71.3 Å². The number of aromatic nitrogens is 3. The van der Waals surface area contributed by atoms with E-state index in [1.54, 1.807) is 51.7 Å². The second-order valence-electron chi connectivity index (χ2n) is 7.39. The van der Waals surface area contributed by atoms with E-state index in [9.17, 15) is 9.59 Å². The number of urea groups is 1. The van der Waals surface area contributed by atoms with Gasteiger partial charge in [-0.25, -0.2) is 9.59 Å². The van der Waals surface area contributed by atoms with E-state index in [4.69, 9.17) is 14.2 Å². The van der Waals surface area contributed by atoms with Gasteiger partial charge in [0.1, 0.15) is 17.8 Å². The summed E-state index contributed by atoms with van der Waals surface area (Å²) in [7, 11) is 3.17. The Labute approximate surface area is 206 Å². The number of ether oxygens (including phenoxy) is 3. The zero-order chi connectivity index (χ0) is 24.8. The van der Waals surface area contributed by atoms with Crippen LogP contribution in [0.5, 0.6) is 11.5 Å². The lowest BCUT2D eigenvalue weighted by Gasteiger charge is -2.29. The Morgan fingerprint density at radius 2 is 1.89 bits per heavy atom. The monoisotopic (exact) mass is 495 g/mol. The van der Waals surface area contributed by atoms with E-state index in [2.05, 4.69) is 20.8 Å². The number of thioether (sulfide) groups is 1. The summed E-state index contributed by atoms with van der Waals surface area (Å²) >= 11 is 1.33. The maximum Gasteiger partial charge on any atom is 0.338 e. The third-order valence-corrected chi connectivity index (χ3v) is 6.26. The third-order valence-electron chi connectivity index (χ3n) is 5.29. The highest BCUT2D eigenvalue weighted by Gasteiger charge is 2.34. The number of rotatable bonds is 9. The fourth-order valence-electron chi connectivity index (χ4n) is 3.63. The summed E-state index contributed by atoms with van der Waals surface area (Å²) in [6.45, 7) is 1.94. The Bertz CT molecular complexity index is 1240. The summed E-state index contributed by atoms with van der Waals surface area (Å²) < 4.78 is 17.7. The highest BCUT2D eigenvalue weighted by molar-refractivity contribution is 7.99. The van der Waals surface area contributed by atoms with Crippen molar-refractivity contribution in [2.75, 3.05) is 26.6 Å². The number of amides is 2. The van der Waals surface area contributed by atoms with Crippen LogP contribution < -0.4 is 20.1 Å². The molecule has 1 aliphatic heterocycles. The van der Waals surface area contributed by atoms with Crippen molar-refractivity contribution in [2.24, 2.45) is 0 Å². The van der Waals surface area contributed by atoms with Gasteiger partial charge < -0.3 is 24.8 Å². The molecule has 1 unspecified atom stereocenters. The fourth-order valence-corrected chi connectivity index (χ4v) is 4.52. The molecule has 2 N–H and O–H groups in total. The van der Waals surface area contributed by atoms with Crippen LogP contribution in [-0.4, -0.2) is 53.3 Å². The van der Waals surface area contributed by atoms with Crippen LogP contribution in [0.25, 0.3) is 5.69 Å². The Morgan fingerprint density at radius 1 is 1.11 bits per heavy atom. The summed E-state index contributed by atoms with van der Waals surface area (Å²) in [5.74, 6) is 1.12. The largest absolute Gasteiger partial charge is 0.497 e. The molecule has 0 spiro atoms. The van der Waals surface area contributed by atoms with Gasteiger partial charge in [0, 0.05) is 17.5 Å². The predicted octanol–water partition coefficient (Wildman–Crippen LogP) is 3.25. The van der Waals surface area contributed by atoms with Crippen LogP contribution in [0.2, 0.25) is 0 Å². The third kappa shape index (κ3) is 5.40. The van der Waals surface area contributed by atoms with Crippen molar-refractivity contribution in [3.63, 3.8) is 0 Å². The number of hydrogen-bond acceptors (Lipinski definition) is 8. The van der Waals surface area contributed by atoms with Crippen molar-refractivity contribution in [1.29, 1.82) is 0 Å². The van der Waals surface area contributed by atoms with Gasteiger partial charge in [-0.05, 0) is 36.8 Å². The number of hydrogen-bond donors (Lipinski definition) is 2. The second kappa shape index (κ2) is 11.0. The maximum atomic E-state index is 13.0. The molecule has 35 heavy (non-hydrogen) atoms. The number of carbonyl (C=O) groups excluding carboxylic acids is 2. The Hall–Kier alpha value is -3.99. The topological polar surface area (TPSA) is 117 Å². The molecule has 4 rings (SSSR count). The molecule has 1 aromatic heterocycles. The molecular formula is C24H25N5O5S. The van der Waals surface area contributed by atoms with Gasteiger partial charge in [-0.15, -0.1) is 10.2 Å². The smallest absolute Gasteiger partial charge is 0.338 e. The van der Waals surface area contributed by atoms with Gasteiger partial charge in [0.15, 0.2) is 5.16 Å². The summed E-state index contributed by atoms with van der Waals surface area (Å²) in [6.07, 6.45) is 1.60. The zero-order valence-electron chi connectivity index (χ0n) is 19.5. The molecule has 0 aliphatic carbocycles. The van der Waals surface area contributed by atoms with E-state index in [0.29, 0.717) is 27.9 Å². The number of nitrogens with zero attached hydrogens (tertiary/aromatic N) is 3. The van der Waals surface area contributed by atoms with Gasteiger partial charge in [-0.3, -0.25) is 4.57 Å². The number of esters is 1. The number of methoxy groups -OCH3 is 2. The Kier molecular flexibility index (Phi) is 7.56. The molecule has 10 nitrogen and oxygen atoms in total. The molecule has 1 aliphatic rings. The minimum absolute atomic E-state index is 0.205. The number of benzene rings is 2. The maximum absolute atomic E-state index is 13.0. The molecule has 0 fully saturated rings. The minimum atomic E-state index is -0.680. The zero-order valence-corrected chi connectivity index (χ0v) is 20.3. The first-order valence-electron chi connectivity index (χ1n) is 10.8. The van der Waals surface area contributed by atoms with Gasteiger partial charge in [0.2, 0.25) is 0 Å². The van der Waals surface area contributed by atoms with E-state index in [-0.39, 0.29) is 12.4 Å². The number of carbonyl (C=O) groups is 2. The van der Waals surface area contributed by atoms with Gasteiger partial charge in [0.25, 0.3) is 0 Å². The molecule has 11 heteroatoms. The van der Waals surface area contributed by atoms with Gasteiger partial charge in [0.05, 0.1) is 38.1 Å².